The van der Waals surface area contributed by atoms with Crippen LogP contribution in [-0.4, -0.2) is 30.3 Å². The van der Waals surface area contributed by atoms with E-state index in [1.165, 1.54) is 6.92 Å². The van der Waals surface area contributed by atoms with Gasteiger partial charge in [-0.1, -0.05) is 0 Å². The lowest BCUT2D eigenvalue weighted by Crippen LogP contribution is -2.44. The van der Waals surface area contributed by atoms with Gasteiger partial charge in [0.15, 0.2) is 0 Å². The summed E-state index contributed by atoms with van der Waals surface area (Å²) in [6, 6.07) is 5.84. The third-order valence-corrected chi connectivity index (χ3v) is 2.56. The molecule has 0 aliphatic heterocycles. The van der Waals surface area contributed by atoms with Crippen molar-refractivity contribution < 1.29 is 14.4 Å². The van der Waals surface area contributed by atoms with Crippen LogP contribution in [0.5, 0.6) is 0 Å². The molecule has 20 heavy (non-hydrogen) atoms. The first-order valence-corrected chi connectivity index (χ1v) is 6.40. The standard InChI is InChI=1S/C14H19N3O3/c1-4-15-13(19)9(2)16-14(20)11-5-7-12(8-6-11)17-10(3)18/h5-9H,4H2,1-3H3,(H,15,19)(H,16,20)(H,17,18)/t9-/m1/s1. The normalized spacial score (nSPS) is 11.3. The second kappa shape index (κ2) is 7.28. The van der Waals surface area contributed by atoms with Crippen molar-refractivity contribution in [3.8, 4) is 0 Å². The topological polar surface area (TPSA) is 87.3 Å². The molecule has 0 aliphatic rings. The zero-order valence-corrected chi connectivity index (χ0v) is 11.8. The zero-order valence-electron chi connectivity index (χ0n) is 11.8. The van der Waals surface area contributed by atoms with Gasteiger partial charge in [0.05, 0.1) is 0 Å². The monoisotopic (exact) mass is 277 g/mol. The quantitative estimate of drug-likeness (QED) is 0.747. The molecule has 6 nitrogen and oxygen atoms in total. The second-order valence-electron chi connectivity index (χ2n) is 4.35. The fourth-order valence-electron chi connectivity index (χ4n) is 1.58. The van der Waals surface area contributed by atoms with Crippen LogP contribution in [0.1, 0.15) is 31.1 Å². The number of amides is 3. The molecule has 108 valence electrons. The summed E-state index contributed by atoms with van der Waals surface area (Å²) >= 11 is 0. The SMILES string of the molecule is CCNC(=O)[C@@H](C)NC(=O)c1ccc(NC(C)=O)cc1. The van der Waals surface area contributed by atoms with Gasteiger partial charge in [-0.15, -0.1) is 0 Å². The van der Waals surface area contributed by atoms with E-state index in [2.05, 4.69) is 16.0 Å². The number of benzene rings is 1. The maximum Gasteiger partial charge on any atom is 0.251 e. The molecule has 1 atom stereocenters. The molecule has 0 radical (unpaired) electrons. The smallest absolute Gasteiger partial charge is 0.251 e. The van der Waals surface area contributed by atoms with Crippen LogP contribution in [0.25, 0.3) is 0 Å². The number of hydrogen-bond acceptors (Lipinski definition) is 3. The number of rotatable bonds is 5. The second-order valence-corrected chi connectivity index (χ2v) is 4.35. The number of hydrogen-bond donors (Lipinski definition) is 3. The van der Waals surface area contributed by atoms with Crippen molar-refractivity contribution in [3.63, 3.8) is 0 Å². The van der Waals surface area contributed by atoms with E-state index in [4.69, 9.17) is 0 Å². The van der Waals surface area contributed by atoms with Gasteiger partial charge in [0.1, 0.15) is 6.04 Å². The molecule has 0 saturated carbocycles. The average molecular weight is 277 g/mol. The molecule has 0 bridgehead atoms. The van der Waals surface area contributed by atoms with E-state index < -0.39 is 6.04 Å². The molecular weight excluding hydrogens is 258 g/mol. The lowest BCUT2D eigenvalue weighted by molar-refractivity contribution is -0.122. The highest BCUT2D eigenvalue weighted by Gasteiger charge is 2.15. The Morgan fingerprint density at radius 3 is 2.25 bits per heavy atom. The Kier molecular flexibility index (Phi) is 5.71. The van der Waals surface area contributed by atoms with Crippen molar-refractivity contribution in [1.82, 2.24) is 10.6 Å². The largest absolute Gasteiger partial charge is 0.355 e. The number of nitrogens with one attached hydrogen (secondary N) is 3. The van der Waals surface area contributed by atoms with Crippen LogP contribution in [-0.2, 0) is 9.59 Å². The Hall–Kier alpha value is -2.37. The summed E-state index contributed by atoms with van der Waals surface area (Å²) in [5.74, 6) is -0.735. The van der Waals surface area contributed by atoms with Crippen molar-refractivity contribution in [2.45, 2.75) is 26.8 Å². The van der Waals surface area contributed by atoms with Crippen LogP contribution < -0.4 is 16.0 Å². The molecule has 3 amide bonds. The minimum Gasteiger partial charge on any atom is -0.355 e. The molecule has 1 aromatic rings. The van der Waals surface area contributed by atoms with Gasteiger partial charge in [-0.25, -0.2) is 0 Å². The summed E-state index contributed by atoms with van der Waals surface area (Å²) in [5, 5.41) is 7.85. The van der Waals surface area contributed by atoms with Gasteiger partial charge in [0.2, 0.25) is 11.8 Å². The first kappa shape index (κ1) is 15.7. The van der Waals surface area contributed by atoms with Gasteiger partial charge in [0, 0.05) is 24.7 Å². The van der Waals surface area contributed by atoms with Crippen molar-refractivity contribution in [2.75, 3.05) is 11.9 Å². The predicted molar refractivity (Wildman–Crippen MR) is 76.4 cm³/mol. The number of anilines is 1. The third-order valence-electron chi connectivity index (χ3n) is 2.56. The van der Waals surface area contributed by atoms with E-state index in [0.29, 0.717) is 17.8 Å². The Balaban J connectivity index is 2.63. The summed E-state index contributed by atoms with van der Waals surface area (Å²) in [6.45, 7) is 5.36. The molecule has 0 fully saturated rings. The van der Waals surface area contributed by atoms with Crippen LogP contribution >= 0.6 is 0 Å². The predicted octanol–water partition coefficient (Wildman–Crippen LogP) is 0.899. The van der Waals surface area contributed by atoms with E-state index >= 15 is 0 Å². The van der Waals surface area contributed by atoms with Crippen molar-refractivity contribution in [1.29, 1.82) is 0 Å². The van der Waals surface area contributed by atoms with E-state index in [1.54, 1.807) is 31.2 Å². The van der Waals surface area contributed by atoms with E-state index in [9.17, 15) is 14.4 Å². The van der Waals surface area contributed by atoms with Crippen LogP contribution in [0.4, 0.5) is 5.69 Å². The summed E-state index contributed by atoms with van der Waals surface area (Å²) in [6.07, 6.45) is 0. The van der Waals surface area contributed by atoms with Gasteiger partial charge in [-0.3, -0.25) is 14.4 Å². The molecule has 0 saturated heterocycles. The van der Waals surface area contributed by atoms with Gasteiger partial charge >= 0.3 is 0 Å². The van der Waals surface area contributed by atoms with Gasteiger partial charge < -0.3 is 16.0 Å². The highest BCUT2D eigenvalue weighted by atomic mass is 16.2. The van der Waals surface area contributed by atoms with Crippen molar-refractivity contribution in [2.24, 2.45) is 0 Å². The summed E-state index contributed by atoms with van der Waals surface area (Å²) in [5.41, 5.74) is 1.04. The summed E-state index contributed by atoms with van der Waals surface area (Å²) in [7, 11) is 0. The van der Waals surface area contributed by atoms with Crippen molar-refractivity contribution in [3.05, 3.63) is 29.8 Å². The number of likely N-dealkylation sites (N-methyl/N-ethyl adjacent to an activating group) is 1. The van der Waals surface area contributed by atoms with Gasteiger partial charge in [-0.05, 0) is 38.1 Å². The molecule has 0 aromatic heterocycles. The number of carbonyl (C=O) groups is 3. The average Bonchev–Trinajstić information content (AvgIpc) is 2.39. The van der Waals surface area contributed by atoms with Crippen LogP contribution in [0.15, 0.2) is 24.3 Å². The lowest BCUT2D eigenvalue weighted by Gasteiger charge is -2.13. The maximum absolute atomic E-state index is 11.9. The summed E-state index contributed by atoms with van der Waals surface area (Å²) in [4.78, 5) is 34.3. The Bertz CT molecular complexity index is 497. The molecular formula is C14H19N3O3. The fraction of sp³-hybridized carbons (Fsp3) is 0.357. The minimum absolute atomic E-state index is 0.174. The molecule has 0 spiro atoms. The Labute approximate surface area is 117 Å². The van der Waals surface area contributed by atoms with E-state index in [-0.39, 0.29) is 17.7 Å². The number of carbonyl (C=O) groups excluding carboxylic acids is 3. The van der Waals surface area contributed by atoms with Crippen LogP contribution in [0.2, 0.25) is 0 Å². The molecule has 0 aliphatic carbocycles. The van der Waals surface area contributed by atoms with Crippen molar-refractivity contribution >= 4 is 23.4 Å². The maximum atomic E-state index is 11.9. The van der Waals surface area contributed by atoms with Gasteiger partial charge in [-0.2, -0.15) is 0 Å². The van der Waals surface area contributed by atoms with Crippen LogP contribution in [0, 0.1) is 0 Å². The third kappa shape index (κ3) is 4.72. The zero-order chi connectivity index (χ0) is 15.1. The first-order chi connectivity index (χ1) is 9.43. The van der Waals surface area contributed by atoms with Crippen LogP contribution in [0.3, 0.4) is 0 Å². The molecule has 3 N–H and O–H groups in total. The fourth-order valence-corrected chi connectivity index (χ4v) is 1.58. The molecule has 6 heteroatoms. The molecule has 0 unspecified atom stereocenters. The van der Waals surface area contributed by atoms with Gasteiger partial charge in [0.25, 0.3) is 5.91 Å². The van der Waals surface area contributed by atoms with E-state index in [0.717, 1.165) is 0 Å². The molecule has 1 rings (SSSR count). The Morgan fingerprint density at radius 2 is 1.75 bits per heavy atom. The Morgan fingerprint density at radius 1 is 1.15 bits per heavy atom. The summed E-state index contributed by atoms with van der Waals surface area (Å²) < 4.78 is 0. The molecule has 1 aromatic carbocycles. The lowest BCUT2D eigenvalue weighted by atomic mass is 10.1. The minimum atomic E-state index is -0.600. The highest BCUT2D eigenvalue weighted by molar-refractivity contribution is 5.98. The highest BCUT2D eigenvalue weighted by Crippen LogP contribution is 2.09. The molecule has 0 heterocycles. The first-order valence-electron chi connectivity index (χ1n) is 6.40. The van der Waals surface area contributed by atoms with E-state index in [1.807, 2.05) is 6.92 Å².